The quantitative estimate of drug-likeness (QED) is 0.398. The Labute approximate surface area is 291 Å². The molecule has 4 amide bonds. The average Bonchev–Trinajstić information content (AvgIpc) is 3.50. The van der Waals surface area contributed by atoms with Gasteiger partial charge < -0.3 is 20.7 Å². The maximum Gasteiger partial charge on any atom is 0.410 e. The lowest BCUT2D eigenvalue weighted by atomic mass is 10.1. The Hall–Kier alpha value is -3.13. The van der Waals surface area contributed by atoms with Crippen molar-refractivity contribution in [1.29, 1.82) is 0 Å². The van der Waals surface area contributed by atoms with E-state index in [1.54, 1.807) is 12.1 Å². The van der Waals surface area contributed by atoms with Gasteiger partial charge in [0.15, 0.2) is 0 Å². The molecule has 0 unspecified atom stereocenters. The molecule has 0 bridgehead atoms. The third kappa shape index (κ3) is 7.54. The zero-order chi connectivity index (χ0) is 33.3. The van der Waals surface area contributed by atoms with Crippen molar-refractivity contribution < 1.29 is 32.3 Å². The van der Waals surface area contributed by atoms with Crippen molar-refractivity contribution in [2.75, 3.05) is 19.6 Å². The standard InChI is InChI=1S/C32H41ClN6O7S.ClH/c33-25-12-9-10-21-18-37(20-24(21)25)31(43)46-23-16-27-28(40)35-32(30(42)36-47(44,45)38-14-7-8-15-38)17-22(32)11-5-3-1-2-4-6-13-26(34)29(41)39(27)19-23;/h3,9-12,22-23,26-27H,1-2,4,6-8,13-20,34H2,(H,35,40)(H,36,42);1H/t5?,22-,23-,26+,27+,32-;/m1./s1. The van der Waals surface area contributed by atoms with E-state index in [4.69, 9.17) is 22.1 Å². The number of hydrogen-bond acceptors (Lipinski definition) is 8. The van der Waals surface area contributed by atoms with Crippen molar-refractivity contribution >= 4 is 58.0 Å². The summed E-state index contributed by atoms with van der Waals surface area (Å²) in [6, 6.07) is 3.52. The first kappa shape index (κ1) is 36.2. The molecule has 4 N–H and O–H groups in total. The molecule has 2 saturated heterocycles. The molecule has 0 aromatic heterocycles. The molecule has 13 nitrogen and oxygen atoms in total. The molecule has 1 aromatic carbocycles. The first-order valence-electron chi connectivity index (χ1n) is 16.3. The van der Waals surface area contributed by atoms with E-state index in [9.17, 15) is 27.6 Å². The van der Waals surface area contributed by atoms with E-state index >= 15 is 0 Å². The number of nitrogens with two attached hydrogens (primary N) is 1. The molecule has 262 valence electrons. The summed E-state index contributed by atoms with van der Waals surface area (Å²) in [6.45, 7) is 1.17. The summed E-state index contributed by atoms with van der Waals surface area (Å²) in [6.07, 6.45) is 7.26. The minimum absolute atomic E-state index is 0. The van der Waals surface area contributed by atoms with Crippen LogP contribution in [-0.2, 0) is 42.4 Å². The summed E-state index contributed by atoms with van der Waals surface area (Å²) in [4.78, 5) is 57.3. The predicted octanol–water partition coefficient (Wildman–Crippen LogP) is 2.52. The summed E-state index contributed by atoms with van der Waals surface area (Å²) in [5.41, 5.74) is 9.64. The van der Waals surface area contributed by atoms with Gasteiger partial charge in [0, 0.05) is 37.0 Å². The lowest BCUT2D eigenvalue weighted by molar-refractivity contribution is -0.140. The molecular weight excluding hydrogens is 683 g/mol. The maximum absolute atomic E-state index is 14.0. The lowest BCUT2D eigenvalue weighted by Crippen LogP contribution is -2.58. The van der Waals surface area contributed by atoms with Gasteiger partial charge in [-0.3, -0.25) is 19.3 Å². The van der Waals surface area contributed by atoms with Gasteiger partial charge >= 0.3 is 16.3 Å². The highest BCUT2D eigenvalue weighted by atomic mass is 35.5. The third-order valence-corrected chi connectivity index (χ3v) is 11.6. The number of carbonyl (C=O) groups is 4. The van der Waals surface area contributed by atoms with Gasteiger partial charge in [-0.2, -0.15) is 12.7 Å². The van der Waals surface area contributed by atoms with Gasteiger partial charge in [0.05, 0.1) is 19.1 Å². The molecule has 0 spiro atoms. The Morgan fingerprint density at radius 2 is 1.88 bits per heavy atom. The largest absolute Gasteiger partial charge is 0.444 e. The first-order valence-corrected chi connectivity index (χ1v) is 18.1. The van der Waals surface area contributed by atoms with Crippen molar-refractivity contribution in [2.24, 2.45) is 11.7 Å². The van der Waals surface area contributed by atoms with Crippen LogP contribution in [0, 0.1) is 5.92 Å². The van der Waals surface area contributed by atoms with Gasteiger partial charge in [0.1, 0.15) is 17.7 Å². The molecule has 1 aliphatic carbocycles. The number of amides is 4. The van der Waals surface area contributed by atoms with Crippen molar-refractivity contribution in [3.63, 3.8) is 0 Å². The highest BCUT2D eigenvalue weighted by Crippen LogP contribution is 2.45. The maximum atomic E-state index is 14.0. The summed E-state index contributed by atoms with van der Waals surface area (Å²) >= 11 is 6.32. The highest BCUT2D eigenvalue weighted by Gasteiger charge is 2.62. The van der Waals surface area contributed by atoms with Crippen LogP contribution < -0.4 is 15.8 Å². The Balaban J connectivity index is 0.00000451. The molecule has 3 fully saturated rings. The summed E-state index contributed by atoms with van der Waals surface area (Å²) in [7, 11) is -4.11. The average molecular weight is 726 g/mol. The fourth-order valence-electron chi connectivity index (χ4n) is 6.95. The monoisotopic (exact) mass is 724 g/mol. The fourth-order valence-corrected chi connectivity index (χ4v) is 8.49. The Bertz CT molecular complexity index is 1610. The molecule has 1 aromatic rings. The number of nitrogens with one attached hydrogen (secondary N) is 2. The number of hydrogen-bond donors (Lipinski definition) is 3. The number of benzene rings is 1. The van der Waals surface area contributed by atoms with E-state index in [-0.39, 0.29) is 38.3 Å². The highest BCUT2D eigenvalue weighted by molar-refractivity contribution is 7.87. The van der Waals surface area contributed by atoms with E-state index in [0.717, 1.165) is 36.8 Å². The van der Waals surface area contributed by atoms with E-state index < -0.39 is 63.7 Å². The second-order valence-corrected chi connectivity index (χ2v) is 15.2. The van der Waals surface area contributed by atoms with Gasteiger partial charge in [-0.05, 0) is 67.9 Å². The molecule has 16 heteroatoms. The summed E-state index contributed by atoms with van der Waals surface area (Å²) in [5.74, 6) is -2.44. The van der Waals surface area contributed by atoms with E-state index in [1.807, 2.05) is 18.2 Å². The molecule has 48 heavy (non-hydrogen) atoms. The second kappa shape index (κ2) is 14.8. The van der Waals surface area contributed by atoms with Crippen molar-refractivity contribution in [3.05, 3.63) is 52.2 Å². The molecule has 4 aliphatic heterocycles. The van der Waals surface area contributed by atoms with Crippen LogP contribution in [0.15, 0.2) is 36.1 Å². The van der Waals surface area contributed by atoms with Crippen LogP contribution in [0.1, 0.15) is 68.9 Å². The van der Waals surface area contributed by atoms with E-state index in [2.05, 4.69) is 15.8 Å². The molecule has 1 saturated carbocycles. The van der Waals surface area contributed by atoms with Crippen LogP contribution in [0.4, 0.5) is 4.79 Å². The van der Waals surface area contributed by atoms with Crippen LogP contribution in [0.3, 0.4) is 0 Å². The molecule has 0 radical (unpaired) electrons. The van der Waals surface area contributed by atoms with Gasteiger partial charge in [0.2, 0.25) is 11.8 Å². The number of halogens is 2. The lowest BCUT2D eigenvalue weighted by Gasteiger charge is -2.28. The molecule has 6 rings (SSSR count). The van der Waals surface area contributed by atoms with Crippen molar-refractivity contribution in [3.8, 4) is 0 Å². The zero-order valence-corrected chi connectivity index (χ0v) is 29.0. The molecule has 4 heterocycles. The van der Waals surface area contributed by atoms with Crippen LogP contribution in [-0.4, -0.2) is 89.7 Å². The minimum atomic E-state index is -4.11. The summed E-state index contributed by atoms with van der Waals surface area (Å²) in [5, 5.41) is 3.36. The Morgan fingerprint density at radius 3 is 2.62 bits per heavy atom. The van der Waals surface area contributed by atoms with E-state index in [0.29, 0.717) is 43.9 Å². The van der Waals surface area contributed by atoms with Crippen LogP contribution in [0.5, 0.6) is 0 Å². The molecule has 5 aliphatic rings. The molecular formula is C32H42Cl2N6O7S. The Kier molecular flexibility index (Phi) is 11.1. The van der Waals surface area contributed by atoms with Crippen LogP contribution in [0.2, 0.25) is 5.02 Å². The van der Waals surface area contributed by atoms with Crippen LogP contribution >= 0.6 is 24.0 Å². The zero-order valence-electron chi connectivity index (χ0n) is 26.6. The topological polar surface area (TPSA) is 171 Å². The second-order valence-electron chi connectivity index (χ2n) is 13.1. The predicted molar refractivity (Wildman–Crippen MR) is 179 cm³/mol. The van der Waals surface area contributed by atoms with Gasteiger partial charge in [-0.1, -0.05) is 36.6 Å². The first-order chi connectivity index (χ1) is 22.5. The van der Waals surface area contributed by atoms with E-state index in [1.165, 1.54) is 14.1 Å². The van der Waals surface area contributed by atoms with Gasteiger partial charge in [-0.15, -0.1) is 18.1 Å². The van der Waals surface area contributed by atoms with Crippen molar-refractivity contribution in [1.82, 2.24) is 24.1 Å². The van der Waals surface area contributed by atoms with Gasteiger partial charge in [0.25, 0.3) is 5.91 Å². The van der Waals surface area contributed by atoms with Crippen LogP contribution in [0.25, 0.3) is 0 Å². The number of nitrogens with zero attached hydrogens (tertiary/aromatic N) is 3. The SMILES string of the molecule is Cl.N[C@H]1CCCCCC=C=C[C@@H]2C[C@@]2(C(=O)NS(=O)(=O)N2CCCC2)NC(=O)[C@@H]2C[C@@H](OC(=O)N3Cc4cccc(Cl)c4C3)CN2C1=O. The third-order valence-electron chi connectivity index (χ3n) is 9.79. The minimum Gasteiger partial charge on any atom is -0.444 e. The normalized spacial score (nSPS) is 29.4. The number of rotatable bonds is 4. The molecule has 5 atom stereocenters. The number of ether oxygens (including phenoxy) is 1. The summed E-state index contributed by atoms with van der Waals surface area (Å²) < 4.78 is 35.2. The van der Waals surface area contributed by atoms with Gasteiger partial charge in [-0.25, -0.2) is 9.52 Å². The van der Waals surface area contributed by atoms with Crippen molar-refractivity contribution in [2.45, 2.75) is 94.6 Å². The Morgan fingerprint density at radius 1 is 1.10 bits per heavy atom. The fraction of sp³-hybridized carbons (Fsp3) is 0.594. The smallest absolute Gasteiger partial charge is 0.410 e. The number of carbonyl (C=O) groups excluding carboxylic acids is 4. The number of fused-ring (bicyclic) bond motifs is 3.